The number of hydrogen-bond acceptors (Lipinski definition) is 4. The molecule has 3 N–H and O–H groups in total. The van der Waals surface area contributed by atoms with Crippen LogP contribution in [0.1, 0.15) is 0 Å². The van der Waals surface area contributed by atoms with Crippen LogP contribution in [-0.4, -0.2) is 4.98 Å². The number of H-pyrrole nitrogens is 1. The largest absolute Gasteiger partial charge is 0.455 e. The molecule has 0 bridgehead atoms. The number of nitrogen functional groups attached to an aromatic ring is 1. The van der Waals surface area contributed by atoms with Crippen molar-refractivity contribution in [1.82, 2.24) is 4.98 Å². The molecule has 0 aliphatic heterocycles. The van der Waals surface area contributed by atoms with Crippen molar-refractivity contribution in [2.24, 2.45) is 0 Å². The molecule has 3 rings (SSSR count). The minimum atomic E-state index is -0.533. The van der Waals surface area contributed by atoms with Gasteiger partial charge in [0.1, 0.15) is 5.75 Å². The Morgan fingerprint density at radius 2 is 2.11 bits per heavy atom. The van der Waals surface area contributed by atoms with Gasteiger partial charge in [-0.3, -0.25) is 4.98 Å². The van der Waals surface area contributed by atoms with Gasteiger partial charge in [-0.1, -0.05) is 17.7 Å². The zero-order chi connectivity index (χ0) is 13.4. The molecule has 0 aliphatic carbocycles. The Hall–Kier alpha value is -2.40. The third kappa shape index (κ3) is 2.28. The van der Waals surface area contributed by atoms with Crippen LogP contribution in [0.3, 0.4) is 0 Å². The fraction of sp³-hybridized carbons (Fsp3) is 0. The molecule has 0 spiro atoms. The molecule has 0 radical (unpaired) electrons. The van der Waals surface area contributed by atoms with Crippen LogP contribution in [0.2, 0.25) is 5.02 Å². The average molecular weight is 277 g/mol. The van der Waals surface area contributed by atoms with Crippen molar-refractivity contribution in [3.05, 3.63) is 52.0 Å². The lowest BCUT2D eigenvalue weighted by atomic mass is 10.2. The molecular weight excluding hydrogens is 268 g/mol. The number of anilines is 1. The predicted molar refractivity (Wildman–Crippen MR) is 72.8 cm³/mol. The Morgan fingerprint density at radius 3 is 2.89 bits per heavy atom. The molecule has 2 aromatic carbocycles. The summed E-state index contributed by atoms with van der Waals surface area (Å²) < 4.78 is 10.5. The summed E-state index contributed by atoms with van der Waals surface area (Å²) in [6, 6.07) is 10.1. The van der Waals surface area contributed by atoms with Crippen LogP contribution < -0.4 is 16.2 Å². The van der Waals surface area contributed by atoms with Crippen LogP contribution in [0.25, 0.3) is 11.1 Å². The number of aromatic amines is 1. The Kier molecular flexibility index (Phi) is 2.68. The van der Waals surface area contributed by atoms with Gasteiger partial charge >= 0.3 is 5.76 Å². The second kappa shape index (κ2) is 4.37. The van der Waals surface area contributed by atoms with Crippen molar-refractivity contribution >= 4 is 28.4 Å². The predicted octanol–water partition coefficient (Wildman–Crippen LogP) is 3.15. The molecule has 5 nitrogen and oxygen atoms in total. The van der Waals surface area contributed by atoms with Gasteiger partial charge in [0.25, 0.3) is 0 Å². The van der Waals surface area contributed by atoms with E-state index in [-0.39, 0.29) is 0 Å². The first-order chi connectivity index (χ1) is 9.11. The molecule has 1 heterocycles. The van der Waals surface area contributed by atoms with Crippen LogP contribution >= 0.6 is 11.6 Å². The number of nitrogens with one attached hydrogen (secondary N) is 1. The van der Waals surface area contributed by atoms with Gasteiger partial charge in [-0.05, 0) is 18.2 Å². The van der Waals surface area contributed by atoms with E-state index in [9.17, 15) is 4.79 Å². The maximum Gasteiger partial charge on any atom is 0.417 e. The van der Waals surface area contributed by atoms with Crippen LogP contribution in [0, 0.1) is 0 Å². The Bertz CT molecular complexity index is 807. The smallest absolute Gasteiger partial charge is 0.417 e. The summed E-state index contributed by atoms with van der Waals surface area (Å²) in [5.41, 5.74) is 7.13. The first-order valence-corrected chi connectivity index (χ1v) is 5.85. The van der Waals surface area contributed by atoms with Crippen molar-refractivity contribution in [2.45, 2.75) is 0 Å². The normalized spacial score (nSPS) is 10.8. The van der Waals surface area contributed by atoms with E-state index in [4.69, 9.17) is 26.5 Å². The lowest BCUT2D eigenvalue weighted by Crippen LogP contribution is -1.93. The van der Waals surface area contributed by atoms with Crippen molar-refractivity contribution in [3.63, 3.8) is 0 Å². The number of nitrogens with two attached hydrogens (primary N) is 1. The molecular formula is C13H9ClN2O3. The van der Waals surface area contributed by atoms with Gasteiger partial charge in [-0.2, -0.15) is 0 Å². The maximum atomic E-state index is 11.1. The minimum Gasteiger partial charge on any atom is -0.455 e. The second-order valence-electron chi connectivity index (χ2n) is 3.96. The van der Waals surface area contributed by atoms with Gasteiger partial charge in [0.15, 0.2) is 11.3 Å². The molecule has 0 saturated carbocycles. The van der Waals surface area contributed by atoms with Crippen LogP contribution in [0.4, 0.5) is 5.69 Å². The Labute approximate surface area is 112 Å². The summed E-state index contributed by atoms with van der Waals surface area (Å²) >= 11 is 5.88. The van der Waals surface area contributed by atoms with Crippen molar-refractivity contribution in [2.75, 3.05) is 5.73 Å². The third-order valence-electron chi connectivity index (χ3n) is 2.58. The zero-order valence-electron chi connectivity index (χ0n) is 9.64. The number of benzene rings is 2. The molecule has 0 unspecified atom stereocenters. The van der Waals surface area contributed by atoms with E-state index in [1.165, 1.54) is 6.07 Å². The number of hydrogen-bond donors (Lipinski definition) is 2. The quantitative estimate of drug-likeness (QED) is 0.705. The van der Waals surface area contributed by atoms with E-state index in [1.807, 2.05) is 0 Å². The highest BCUT2D eigenvalue weighted by atomic mass is 35.5. The van der Waals surface area contributed by atoms with E-state index in [1.54, 1.807) is 30.3 Å². The fourth-order valence-corrected chi connectivity index (χ4v) is 1.92. The second-order valence-corrected chi connectivity index (χ2v) is 4.40. The first-order valence-electron chi connectivity index (χ1n) is 5.47. The molecule has 3 aromatic rings. The Morgan fingerprint density at radius 1 is 1.26 bits per heavy atom. The van der Waals surface area contributed by atoms with Gasteiger partial charge in [0.2, 0.25) is 0 Å². The standard InChI is InChI=1S/C13H9ClN2O3/c14-7-2-1-3-8(4-7)18-11-6-10-12(5-9(11)15)19-13(17)16-10/h1-6H,15H2,(H,16,17). The summed E-state index contributed by atoms with van der Waals surface area (Å²) in [6.07, 6.45) is 0. The average Bonchev–Trinajstić information content (AvgIpc) is 2.69. The maximum absolute atomic E-state index is 11.1. The number of rotatable bonds is 2. The Balaban J connectivity index is 2.04. The van der Waals surface area contributed by atoms with Gasteiger partial charge in [0, 0.05) is 17.2 Å². The summed E-state index contributed by atoms with van der Waals surface area (Å²) in [4.78, 5) is 13.6. The monoisotopic (exact) mass is 276 g/mol. The summed E-state index contributed by atoms with van der Waals surface area (Å²) in [7, 11) is 0. The molecule has 0 atom stereocenters. The fourth-order valence-electron chi connectivity index (χ4n) is 1.74. The van der Waals surface area contributed by atoms with Gasteiger partial charge < -0.3 is 14.9 Å². The number of oxazole rings is 1. The van der Waals surface area contributed by atoms with Crippen LogP contribution in [-0.2, 0) is 0 Å². The molecule has 0 amide bonds. The van der Waals surface area contributed by atoms with E-state index in [0.29, 0.717) is 33.3 Å². The van der Waals surface area contributed by atoms with Crippen LogP contribution in [0.5, 0.6) is 11.5 Å². The highest BCUT2D eigenvalue weighted by Crippen LogP contribution is 2.31. The SMILES string of the molecule is Nc1cc2oc(=O)[nH]c2cc1Oc1cccc(Cl)c1. The van der Waals surface area contributed by atoms with Gasteiger partial charge in [-0.25, -0.2) is 4.79 Å². The minimum absolute atomic E-state index is 0.371. The topological polar surface area (TPSA) is 81.2 Å². The summed E-state index contributed by atoms with van der Waals surface area (Å²) in [6.45, 7) is 0. The lowest BCUT2D eigenvalue weighted by molar-refractivity contribution is 0.485. The lowest BCUT2D eigenvalue weighted by Gasteiger charge is -2.08. The highest BCUT2D eigenvalue weighted by Gasteiger charge is 2.08. The van der Waals surface area contributed by atoms with E-state index >= 15 is 0 Å². The number of halogens is 1. The van der Waals surface area contributed by atoms with Gasteiger partial charge in [0.05, 0.1) is 11.2 Å². The zero-order valence-corrected chi connectivity index (χ0v) is 10.4. The molecule has 0 fully saturated rings. The first kappa shape index (κ1) is 11.7. The van der Waals surface area contributed by atoms with Crippen molar-refractivity contribution < 1.29 is 9.15 Å². The number of ether oxygens (including phenoxy) is 1. The summed E-state index contributed by atoms with van der Waals surface area (Å²) in [5, 5.41) is 0.564. The van der Waals surface area contributed by atoms with E-state index < -0.39 is 5.76 Å². The van der Waals surface area contributed by atoms with E-state index in [0.717, 1.165) is 0 Å². The van der Waals surface area contributed by atoms with E-state index in [2.05, 4.69) is 4.98 Å². The highest BCUT2D eigenvalue weighted by molar-refractivity contribution is 6.30. The van der Waals surface area contributed by atoms with Crippen molar-refractivity contribution in [3.8, 4) is 11.5 Å². The van der Waals surface area contributed by atoms with Crippen LogP contribution in [0.15, 0.2) is 45.6 Å². The third-order valence-corrected chi connectivity index (χ3v) is 2.81. The molecule has 0 saturated heterocycles. The molecule has 6 heteroatoms. The number of fused-ring (bicyclic) bond motifs is 1. The molecule has 96 valence electrons. The van der Waals surface area contributed by atoms with Gasteiger partial charge in [-0.15, -0.1) is 0 Å². The molecule has 19 heavy (non-hydrogen) atoms. The van der Waals surface area contributed by atoms with Crippen molar-refractivity contribution in [1.29, 1.82) is 0 Å². The molecule has 1 aromatic heterocycles. The number of aromatic nitrogens is 1. The molecule has 0 aliphatic rings. The summed E-state index contributed by atoms with van der Waals surface area (Å²) in [5.74, 6) is 0.450.